The number of rotatable bonds is 4. The minimum Gasteiger partial charge on any atom is -0.481 e. The van der Waals surface area contributed by atoms with Gasteiger partial charge in [0.05, 0.1) is 6.42 Å². The molecule has 1 aromatic carbocycles. The standard InChI is InChI=1S/C16H13ClN2O2/c17-15-4-2-12(9-18-15)10-19-6-5-13-3-1-11(7-14(13)19)8-16(20)21/h1-7,9H,8,10H2,(H,20,21). The largest absolute Gasteiger partial charge is 0.481 e. The molecule has 106 valence electrons. The third kappa shape index (κ3) is 3.06. The van der Waals surface area contributed by atoms with Crippen LogP contribution in [0.2, 0.25) is 5.15 Å². The number of pyridine rings is 1. The Morgan fingerprint density at radius 3 is 2.71 bits per heavy atom. The molecule has 21 heavy (non-hydrogen) atoms. The van der Waals surface area contributed by atoms with E-state index in [2.05, 4.69) is 9.55 Å². The average molecular weight is 301 g/mol. The Balaban J connectivity index is 1.94. The number of hydrogen-bond donors (Lipinski definition) is 1. The summed E-state index contributed by atoms with van der Waals surface area (Å²) in [5, 5.41) is 10.5. The number of carboxylic acid groups (broad SMARTS) is 1. The van der Waals surface area contributed by atoms with Gasteiger partial charge in [-0.2, -0.15) is 0 Å². The molecule has 3 rings (SSSR count). The minimum absolute atomic E-state index is 0.0314. The van der Waals surface area contributed by atoms with E-state index in [1.807, 2.05) is 36.5 Å². The first-order valence-electron chi connectivity index (χ1n) is 6.52. The molecule has 2 heterocycles. The summed E-state index contributed by atoms with van der Waals surface area (Å²) in [6.45, 7) is 0.671. The number of benzene rings is 1. The van der Waals surface area contributed by atoms with Crippen molar-refractivity contribution in [3.05, 3.63) is 65.1 Å². The Morgan fingerprint density at radius 2 is 2.00 bits per heavy atom. The van der Waals surface area contributed by atoms with E-state index in [0.29, 0.717) is 11.7 Å². The maximum atomic E-state index is 10.8. The molecule has 0 aliphatic carbocycles. The molecule has 0 bridgehead atoms. The highest BCUT2D eigenvalue weighted by atomic mass is 35.5. The van der Waals surface area contributed by atoms with E-state index in [0.717, 1.165) is 22.0 Å². The SMILES string of the molecule is O=C(O)Cc1ccc2ccn(Cc3ccc(Cl)nc3)c2c1. The molecule has 0 aliphatic rings. The Bertz CT molecular complexity index is 794. The van der Waals surface area contributed by atoms with Crippen LogP contribution in [0.5, 0.6) is 0 Å². The summed E-state index contributed by atoms with van der Waals surface area (Å²) in [5.74, 6) is -0.825. The van der Waals surface area contributed by atoms with E-state index in [9.17, 15) is 4.79 Å². The van der Waals surface area contributed by atoms with E-state index in [4.69, 9.17) is 16.7 Å². The Kier molecular flexibility index (Phi) is 3.62. The molecule has 0 saturated heterocycles. The summed E-state index contributed by atoms with van der Waals surface area (Å²) in [5.41, 5.74) is 2.86. The highest BCUT2D eigenvalue weighted by Crippen LogP contribution is 2.19. The van der Waals surface area contributed by atoms with Crippen LogP contribution in [0, 0.1) is 0 Å². The lowest BCUT2D eigenvalue weighted by molar-refractivity contribution is -0.136. The van der Waals surface area contributed by atoms with Crippen LogP contribution in [0.4, 0.5) is 0 Å². The second-order valence-corrected chi connectivity index (χ2v) is 5.28. The third-order valence-electron chi connectivity index (χ3n) is 3.34. The van der Waals surface area contributed by atoms with Crippen molar-refractivity contribution in [2.24, 2.45) is 0 Å². The van der Waals surface area contributed by atoms with Crippen LogP contribution in [-0.4, -0.2) is 20.6 Å². The van der Waals surface area contributed by atoms with Crippen molar-refractivity contribution in [3.8, 4) is 0 Å². The molecule has 0 spiro atoms. The monoisotopic (exact) mass is 300 g/mol. The number of carboxylic acids is 1. The Morgan fingerprint density at radius 1 is 1.19 bits per heavy atom. The van der Waals surface area contributed by atoms with Crippen LogP contribution in [-0.2, 0) is 17.8 Å². The molecule has 0 fully saturated rings. The fourth-order valence-corrected chi connectivity index (χ4v) is 2.46. The van der Waals surface area contributed by atoms with Crippen molar-refractivity contribution >= 4 is 28.5 Å². The topological polar surface area (TPSA) is 55.1 Å². The first-order valence-corrected chi connectivity index (χ1v) is 6.89. The van der Waals surface area contributed by atoms with E-state index in [-0.39, 0.29) is 6.42 Å². The molecule has 0 saturated carbocycles. The van der Waals surface area contributed by atoms with Crippen molar-refractivity contribution in [2.45, 2.75) is 13.0 Å². The number of aliphatic carboxylic acids is 1. The lowest BCUT2D eigenvalue weighted by Crippen LogP contribution is -2.01. The predicted octanol–water partition coefficient (Wildman–Crippen LogP) is 3.37. The Hall–Kier alpha value is -2.33. The maximum Gasteiger partial charge on any atom is 0.307 e. The summed E-state index contributed by atoms with van der Waals surface area (Å²) in [7, 11) is 0. The third-order valence-corrected chi connectivity index (χ3v) is 3.56. The summed E-state index contributed by atoms with van der Waals surface area (Å²) < 4.78 is 2.08. The van der Waals surface area contributed by atoms with Crippen molar-refractivity contribution in [1.82, 2.24) is 9.55 Å². The lowest BCUT2D eigenvalue weighted by atomic mass is 10.1. The van der Waals surface area contributed by atoms with Gasteiger partial charge in [0.25, 0.3) is 0 Å². The molecule has 5 heteroatoms. The number of aromatic nitrogens is 2. The summed E-state index contributed by atoms with van der Waals surface area (Å²) in [6, 6.07) is 11.4. The van der Waals surface area contributed by atoms with E-state index >= 15 is 0 Å². The van der Waals surface area contributed by atoms with Gasteiger partial charge in [-0.25, -0.2) is 4.98 Å². The van der Waals surface area contributed by atoms with Gasteiger partial charge in [-0.05, 0) is 34.7 Å². The summed E-state index contributed by atoms with van der Waals surface area (Å²) in [6.07, 6.45) is 3.77. The van der Waals surface area contributed by atoms with Crippen molar-refractivity contribution < 1.29 is 9.90 Å². The van der Waals surface area contributed by atoms with Crippen molar-refractivity contribution in [3.63, 3.8) is 0 Å². The highest BCUT2D eigenvalue weighted by Gasteiger charge is 2.06. The zero-order chi connectivity index (χ0) is 14.8. The average Bonchev–Trinajstić information content (AvgIpc) is 2.83. The quantitative estimate of drug-likeness (QED) is 0.752. The lowest BCUT2D eigenvalue weighted by Gasteiger charge is -2.07. The second kappa shape index (κ2) is 5.58. The maximum absolute atomic E-state index is 10.8. The van der Waals surface area contributed by atoms with Crippen LogP contribution >= 0.6 is 11.6 Å². The zero-order valence-electron chi connectivity index (χ0n) is 11.2. The minimum atomic E-state index is -0.825. The van der Waals surface area contributed by atoms with Crippen molar-refractivity contribution in [2.75, 3.05) is 0 Å². The van der Waals surface area contributed by atoms with Gasteiger partial charge in [-0.3, -0.25) is 4.79 Å². The van der Waals surface area contributed by atoms with Gasteiger partial charge in [0, 0.05) is 24.5 Å². The van der Waals surface area contributed by atoms with Crippen LogP contribution in [0.25, 0.3) is 10.9 Å². The number of halogens is 1. The molecule has 0 radical (unpaired) electrons. The molecule has 2 aromatic heterocycles. The first-order chi connectivity index (χ1) is 10.1. The van der Waals surface area contributed by atoms with Crippen LogP contribution < -0.4 is 0 Å². The van der Waals surface area contributed by atoms with Gasteiger partial charge in [0.1, 0.15) is 5.15 Å². The van der Waals surface area contributed by atoms with E-state index in [1.54, 1.807) is 12.3 Å². The van der Waals surface area contributed by atoms with Gasteiger partial charge < -0.3 is 9.67 Å². The van der Waals surface area contributed by atoms with Gasteiger partial charge in [-0.1, -0.05) is 29.8 Å². The van der Waals surface area contributed by atoms with Crippen LogP contribution in [0.1, 0.15) is 11.1 Å². The smallest absolute Gasteiger partial charge is 0.307 e. The normalized spacial score (nSPS) is 10.9. The summed E-state index contributed by atoms with van der Waals surface area (Å²) in [4.78, 5) is 14.9. The molecule has 1 N–H and O–H groups in total. The van der Waals surface area contributed by atoms with Gasteiger partial charge >= 0.3 is 5.97 Å². The summed E-state index contributed by atoms with van der Waals surface area (Å²) >= 11 is 5.78. The van der Waals surface area contributed by atoms with Crippen molar-refractivity contribution in [1.29, 1.82) is 0 Å². The van der Waals surface area contributed by atoms with Gasteiger partial charge in [-0.15, -0.1) is 0 Å². The highest BCUT2D eigenvalue weighted by molar-refractivity contribution is 6.29. The molecule has 0 unspecified atom stereocenters. The van der Waals surface area contributed by atoms with Crippen LogP contribution in [0.15, 0.2) is 48.8 Å². The fourth-order valence-electron chi connectivity index (χ4n) is 2.35. The van der Waals surface area contributed by atoms with E-state index < -0.39 is 5.97 Å². The molecular weight excluding hydrogens is 288 g/mol. The molecule has 4 nitrogen and oxygen atoms in total. The Labute approximate surface area is 126 Å². The molecule has 0 aliphatic heterocycles. The fraction of sp³-hybridized carbons (Fsp3) is 0.125. The molecular formula is C16H13ClN2O2. The molecule has 0 atom stereocenters. The number of hydrogen-bond acceptors (Lipinski definition) is 2. The number of fused-ring (bicyclic) bond motifs is 1. The predicted molar refractivity (Wildman–Crippen MR) is 81.6 cm³/mol. The first kappa shape index (κ1) is 13.6. The van der Waals surface area contributed by atoms with E-state index in [1.165, 1.54) is 0 Å². The number of carbonyl (C=O) groups is 1. The van der Waals surface area contributed by atoms with Crippen LogP contribution in [0.3, 0.4) is 0 Å². The van der Waals surface area contributed by atoms with Gasteiger partial charge in [0.2, 0.25) is 0 Å². The number of nitrogens with zero attached hydrogens (tertiary/aromatic N) is 2. The second-order valence-electron chi connectivity index (χ2n) is 4.90. The zero-order valence-corrected chi connectivity index (χ0v) is 11.9. The molecule has 0 amide bonds. The molecule has 3 aromatic rings. The van der Waals surface area contributed by atoms with Gasteiger partial charge in [0.15, 0.2) is 0 Å².